The number of ether oxygens (including phenoxy) is 1. The number of hydrogen-bond donors (Lipinski definition) is 1. The van der Waals surface area contributed by atoms with Gasteiger partial charge < -0.3 is 42.7 Å². The monoisotopic (exact) mass is 959 g/mol. The highest BCUT2D eigenvalue weighted by molar-refractivity contribution is 6.62. The van der Waals surface area contributed by atoms with Crippen LogP contribution < -0.4 is 30.7 Å². The fourth-order valence-corrected chi connectivity index (χ4v) is 9.51. The molecule has 3 aliphatic heterocycles. The molecule has 1 N–H and O–H groups in total. The molecule has 4 aromatic carbocycles. The summed E-state index contributed by atoms with van der Waals surface area (Å²) in [5.74, 6) is -0.929. The van der Waals surface area contributed by atoms with Gasteiger partial charge in [-0.1, -0.05) is 30.3 Å². The van der Waals surface area contributed by atoms with Gasteiger partial charge in [0.05, 0.1) is 22.8 Å². The summed E-state index contributed by atoms with van der Waals surface area (Å²) in [6.45, 7) is 20.6. The maximum absolute atomic E-state index is 14.1. The maximum atomic E-state index is 14.1. The Kier molecular flexibility index (Phi) is 13.4. The van der Waals surface area contributed by atoms with Gasteiger partial charge in [-0.3, -0.25) is 9.59 Å². The lowest BCUT2D eigenvalue weighted by Crippen LogP contribution is -2.51. The van der Waals surface area contributed by atoms with Crippen molar-refractivity contribution in [3.8, 4) is 28.2 Å². The number of carboxylic acid groups (broad SMARTS) is 1. The molecule has 14 nitrogen and oxygen atoms in total. The summed E-state index contributed by atoms with van der Waals surface area (Å²) in [5, 5.41) is 13.0. The molecular weight excluding hydrogens is 899 g/mol. The van der Waals surface area contributed by atoms with E-state index in [2.05, 4.69) is 37.2 Å². The summed E-state index contributed by atoms with van der Waals surface area (Å²) in [6, 6.07) is 31.3. The van der Waals surface area contributed by atoms with Gasteiger partial charge in [0.15, 0.2) is 0 Å². The summed E-state index contributed by atoms with van der Waals surface area (Å²) < 4.78 is 32.9. The van der Waals surface area contributed by atoms with Crippen LogP contribution >= 0.6 is 0 Å². The van der Waals surface area contributed by atoms with Crippen molar-refractivity contribution in [1.29, 1.82) is 0 Å². The van der Waals surface area contributed by atoms with E-state index in [4.69, 9.17) is 22.9 Å². The third-order valence-corrected chi connectivity index (χ3v) is 14.4. The smallest absolute Gasteiger partial charge is 0.489 e. The van der Waals surface area contributed by atoms with Crippen molar-refractivity contribution >= 4 is 58.0 Å². The fourth-order valence-electron chi connectivity index (χ4n) is 9.51. The number of benzene rings is 5. The molecule has 0 saturated carbocycles. The van der Waals surface area contributed by atoms with Crippen molar-refractivity contribution in [3.63, 3.8) is 0 Å². The summed E-state index contributed by atoms with van der Waals surface area (Å²) >= 11 is 0. The van der Waals surface area contributed by atoms with Crippen molar-refractivity contribution in [3.05, 3.63) is 141 Å². The first-order valence-electron chi connectivity index (χ1n) is 24.5. The summed E-state index contributed by atoms with van der Waals surface area (Å²) in [7, 11) is -0.462. The lowest BCUT2D eigenvalue weighted by atomic mass is 9.79. The molecule has 0 radical (unpaired) electrons. The van der Waals surface area contributed by atoms with E-state index in [0.29, 0.717) is 33.6 Å². The first kappa shape index (κ1) is 48.8. The minimum Gasteiger partial charge on any atom is -0.489 e. The Balaban J connectivity index is 0.893. The lowest BCUT2D eigenvalue weighted by molar-refractivity contribution is 0.00578. The van der Waals surface area contributed by atoms with Gasteiger partial charge in [0.1, 0.15) is 47.9 Å². The van der Waals surface area contributed by atoms with Crippen molar-refractivity contribution in [2.45, 2.75) is 73.2 Å². The van der Waals surface area contributed by atoms with Crippen LogP contribution in [0.2, 0.25) is 0 Å². The first-order chi connectivity index (χ1) is 34.0. The molecule has 1 aliphatic carbocycles. The predicted octanol–water partition coefficient (Wildman–Crippen LogP) is 8.14. The van der Waals surface area contributed by atoms with Gasteiger partial charge in [-0.05, 0) is 121 Å². The van der Waals surface area contributed by atoms with Crippen LogP contribution in [0.4, 0.5) is 5.69 Å². The Bertz CT molecular complexity index is 3270. The number of hydrogen-bond acceptors (Lipinski definition) is 10. The van der Waals surface area contributed by atoms with Crippen molar-refractivity contribution < 1.29 is 42.4 Å². The van der Waals surface area contributed by atoms with Crippen LogP contribution in [0, 0.1) is 0 Å². The summed E-state index contributed by atoms with van der Waals surface area (Å²) in [4.78, 5) is 59.7. The van der Waals surface area contributed by atoms with E-state index in [1.807, 2.05) is 88.4 Å². The number of fused-ring (bicyclic) bond motifs is 3. The topological polar surface area (TPSA) is 155 Å². The number of aromatic carboxylic acids is 1. The van der Waals surface area contributed by atoms with Crippen LogP contribution in [0.1, 0.15) is 92.0 Å². The molecule has 2 saturated heterocycles. The van der Waals surface area contributed by atoms with Crippen LogP contribution in [0.15, 0.2) is 117 Å². The standard InChI is InChI=1S/C56H59BN4O10/c1-9-58(10-2)39-19-23-43-48(31-39)68-49-32-40(59(11-3)12-4)20-24-44(49)50(43)42-22-16-37(30-45(42)53(64)65)51(62)60-25-27-61(28-26-60)52(63)46-29-36-15-21-41(33-47(36)69-54(46)66)67-34-35-13-17-38(18-14-35)57-70-55(5,6)56(7,8)71-57/h13-24,29-33H,9-12,25-28,34H2,1-8H3/p+1. The summed E-state index contributed by atoms with van der Waals surface area (Å²) in [6.07, 6.45) is 0. The maximum Gasteiger partial charge on any atom is 0.494 e. The predicted molar refractivity (Wildman–Crippen MR) is 276 cm³/mol. The first-order valence-corrected chi connectivity index (χ1v) is 24.5. The Morgan fingerprint density at radius 1 is 0.704 bits per heavy atom. The van der Waals surface area contributed by atoms with Gasteiger partial charge in [-0.2, -0.15) is 0 Å². The Morgan fingerprint density at radius 2 is 1.37 bits per heavy atom. The van der Waals surface area contributed by atoms with Gasteiger partial charge in [-0.25, -0.2) is 14.2 Å². The number of anilines is 1. The lowest BCUT2D eigenvalue weighted by Gasteiger charge is -2.34. The SMILES string of the molecule is CCN(CC)c1ccc2c(-c3ccc(C(=O)N4CCN(C(=O)c5cc6ccc(OCc7ccc(B8OC(C)(C)C(C)(C)O8)cc7)cc6oc5=O)CC4)cc3C(=O)O)c3ccc(=[N+](CC)CC)cc-3oc2c1. The quantitative estimate of drug-likeness (QED) is 0.0516. The third kappa shape index (κ3) is 9.43. The van der Waals surface area contributed by atoms with Gasteiger partial charge in [-0.15, -0.1) is 0 Å². The van der Waals surface area contributed by atoms with E-state index in [1.165, 1.54) is 17.0 Å². The van der Waals surface area contributed by atoms with Crippen LogP contribution in [-0.4, -0.2) is 103 Å². The van der Waals surface area contributed by atoms with E-state index < -0.39 is 35.8 Å². The number of piperazine rings is 1. The van der Waals surface area contributed by atoms with Gasteiger partial charge in [0.2, 0.25) is 5.36 Å². The van der Waals surface area contributed by atoms with Gasteiger partial charge >= 0.3 is 18.7 Å². The molecule has 2 amide bonds. The normalized spacial score (nSPS) is 15.4. The Hall–Kier alpha value is -7.23. The second kappa shape index (κ2) is 19.5. The summed E-state index contributed by atoms with van der Waals surface area (Å²) in [5.41, 5.74) is 4.06. The molecule has 366 valence electrons. The van der Waals surface area contributed by atoms with E-state index in [0.717, 1.165) is 59.2 Å². The number of nitrogens with zero attached hydrogens (tertiary/aromatic N) is 4. The average molecular weight is 960 g/mol. The van der Waals surface area contributed by atoms with Crippen LogP contribution in [0.3, 0.4) is 0 Å². The minimum atomic E-state index is -1.18. The molecule has 15 heteroatoms. The van der Waals surface area contributed by atoms with Crippen LogP contribution in [0.5, 0.6) is 5.75 Å². The molecule has 0 spiro atoms. The molecule has 0 unspecified atom stereocenters. The fraction of sp³-hybridized carbons (Fsp3) is 0.339. The van der Waals surface area contributed by atoms with Gasteiger partial charge in [0, 0.05) is 90.6 Å². The van der Waals surface area contributed by atoms with Crippen molar-refractivity contribution in [2.24, 2.45) is 0 Å². The molecule has 71 heavy (non-hydrogen) atoms. The molecule has 2 fully saturated rings. The molecule has 9 rings (SSSR count). The van der Waals surface area contributed by atoms with E-state index in [-0.39, 0.29) is 61.0 Å². The number of carbonyl (C=O) groups is 3. The van der Waals surface area contributed by atoms with Crippen molar-refractivity contribution in [2.75, 3.05) is 57.3 Å². The number of carbonyl (C=O) groups excluding carboxylic acids is 2. The second-order valence-electron chi connectivity index (χ2n) is 19.1. The molecule has 5 aromatic rings. The molecule has 4 heterocycles. The average Bonchev–Trinajstić information content (AvgIpc) is 3.60. The molecule has 0 atom stereocenters. The number of rotatable bonds is 13. The molecular formula is C56H60BN4O10+. The Morgan fingerprint density at radius 3 is 2.01 bits per heavy atom. The zero-order chi connectivity index (χ0) is 50.4. The minimum absolute atomic E-state index is 0.0228. The molecule has 1 aromatic heterocycles. The highest BCUT2D eigenvalue weighted by Gasteiger charge is 2.51. The van der Waals surface area contributed by atoms with E-state index in [9.17, 15) is 24.3 Å². The van der Waals surface area contributed by atoms with E-state index >= 15 is 0 Å². The van der Waals surface area contributed by atoms with Gasteiger partial charge in [0.25, 0.3) is 11.8 Å². The van der Waals surface area contributed by atoms with Crippen molar-refractivity contribution in [1.82, 2.24) is 14.4 Å². The zero-order valence-electron chi connectivity index (χ0n) is 41.7. The highest BCUT2D eigenvalue weighted by atomic mass is 16.7. The highest BCUT2D eigenvalue weighted by Crippen LogP contribution is 2.43. The molecule has 0 bridgehead atoms. The van der Waals surface area contributed by atoms with Crippen LogP contribution in [-0.2, 0) is 15.9 Å². The number of amides is 2. The Labute approximate surface area is 413 Å². The van der Waals surface area contributed by atoms with E-state index in [1.54, 1.807) is 35.2 Å². The second-order valence-corrected chi connectivity index (χ2v) is 19.1. The third-order valence-electron chi connectivity index (χ3n) is 14.4. The largest absolute Gasteiger partial charge is 0.494 e. The number of carboxylic acids is 1. The molecule has 4 aliphatic rings. The zero-order valence-corrected chi connectivity index (χ0v) is 41.7. The van der Waals surface area contributed by atoms with Crippen LogP contribution in [0.25, 0.3) is 44.4 Å².